The maximum absolute atomic E-state index is 4.05. The highest BCUT2D eigenvalue weighted by Crippen LogP contribution is 2.25. The molecule has 0 spiro atoms. The molecule has 0 N–H and O–H groups in total. The third kappa shape index (κ3) is 6.57. The largest absolute Gasteiger partial charge is 0.0953 e. The van der Waals surface area contributed by atoms with E-state index in [2.05, 4.69) is 40.5 Å². The van der Waals surface area contributed by atoms with Crippen LogP contribution in [0.15, 0.2) is 72.9 Å². The van der Waals surface area contributed by atoms with Crippen LogP contribution in [0.5, 0.6) is 0 Å². The standard InChI is InChI=1S/C17H24/c1-8-9-10-11-14(2)15(3)12-13-16(4)17(5,6)7/h8-13H,2-4H2,1,5-7H3/b9-8-,11-10-,13-12-. The fourth-order valence-corrected chi connectivity index (χ4v) is 0.948. The van der Waals surface area contributed by atoms with Gasteiger partial charge in [-0.3, -0.25) is 0 Å². The molecule has 17 heavy (non-hydrogen) atoms. The number of hydrogen-bond donors (Lipinski definition) is 0. The molecule has 0 aliphatic carbocycles. The highest BCUT2D eigenvalue weighted by atomic mass is 14.2. The molecular formula is C17H24. The molecule has 0 fully saturated rings. The van der Waals surface area contributed by atoms with Crippen molar-refractivity contribution in [2.24, 2.45) is 5.41 Å². The van der Waals surface area contributed by atoms with Crippen LogP contribution in [-0.2, 0) is 0 Å². The Morgan fingerprint density at radius 2 is 1.35 bits per heavy atom. The van der Waals surface area contributed by atoms with Gasteiger partial charge in [0.1, 0.15) is 0 Å². The van der Waals surface area contributed by atoms with E-state index in [4.69, 9.17) is 0 Å². The molecule has 0 radical (unpaired) electrons. The van der Waals surface area contributed by atoms with E-state index in [9.17, 15) is 0 Å². The first-order valence-corrected chi connectivity index (χ1v) is 5.84. The van der Waals surface area contributed by atoms with Crippen LogP contribution in [0.25, 0.3) is 0 Å². The Morgan fingerprint density at radius 3 is 1.82 bits per heavy atom. The van der Waals surface area contributed by atoms with Gasteiger partial charge in [-0.05, 0) is 29.1 Å². The highest BCUT2D eigenvalue weighted by molar-refractivity contribution is 5.45. The third-order valence-corrected chi connectivity index (χ3v) is 2.46. The topological polar surface area (TPSA) is 0 Å². The normalized spacial score (nSPS) is 12.7. The van der Waals surface area contributed by atoms with Crippen LogP contribution in [0, 0.1) is 5.41 Å². The minimum Gasteiger partial charge on any atom is -0.0953 e. The SMILES string of the molecule is C=C(/C=C\C=C/C)C(=C)/C=C\C(=C)C(C)(C)C. The summed E-state index contributed by atoms with van der Waals surface area (Å²) < 4.78 is 0. The Hall–Kier alpha value is -1.56. The summed E-state index contributed by atoms with van der Waals surface area (Å²) in [6.45, 7) is 20.4. The fraction of sp³-hybridized carbons (Fsp3) is 0.294. The van der Waals surface area contributed by atoms with Gasteiger partial charge in [0.05, 0.1) is 0 Å². The summed E-state index contributed by atoms with van der Waals surface area (Å²) in [5.41, 5.74) is 3.01. The maximum atomic E-state index is 4.05. The molecule has 0 saturated heterocycles. The van der Waals surface area contributed by atoms with Gasteiger partial charge in [0, 0.05) is 0 Å². The molecule has 0 rings (SSSR count). The summed E-state index contributed by atoms with van der Waals surface area (Å²) in [5, 5.41) is 0. The van der Waals surface area contributed by atoms with Gasteiger partial charge in [0.2, 0.25) is 0 Å². The van der Waals surface area contributed by atoms with Gasteiger partial charge in [0.25, 0.3) is 0 Å². The Balaban J connectivity index is 4.51. The molecule has 0 aromatic carbocycles. The minimum atomic E-state index is 0.0961. The van der Waals surface area contributed by atoms with Crippen molar-refractivity contribution in [1.29, 1.82) is 0 Å². The molecule has 0 amide bonds. The molecule has 0 aliphatic heterocycles. The van der Waals surface area contributed by atoms with E-state index in [1.165, 1.54) is 0 Å². The Kier molecular flexibility index (Phi) is 6.27. The van der Waals surface area contributed by atoms with Crippen molar-refractivity contribution in [1.82, 2.24) is 0 Å². The first-order chi connectivity index (χ1) is 7.79. The van der Waals surface area contributed by atoms with Crippen LogP contribution in [0.3, 0.4) is 0 Å². The third-order valence-electron chi connectivity index (χ3n) is 2.46. The van der Waals surface area contributed by atoms with Crippen molar-refractivity contribution >= 4 is 0 Å². The monoisotopic (exact) mass is 228 g/mol. The molecule has 92 valence electrons. The molecule has 0 saturated carbocycles. The lowest BCUT2D eigenvalue weighted by atomic mass is 9.87. The second kappa shape index (κ2) is 6.90. The molecule has 0 aliphatic rings. The van der Waals surface area contributed by atoms with E-state index in [1.807, 2.05) is 43.4 Å². The predicted molar refractivity (Wildman–Crippen MR) is 80.0 cm³/mol. The second-order valence-electron chi connectivity index (χ2n) is 5.04. The Labute approximate surface area is 106 Å². The molecule has 0 unspecified atom stereocenters. The van der Waals surface area contributed by atoms with Gasteiger partial charge in [-0.1, -0.05) is 77.0 Å². The van der Waals surface area contributed by atoms with Gasteiger partial charge in [-0.15, -0.1) is 0 Å². The van der Waals surface area contributed by atoms with E-state index in [0.717, 1.165) is 16.7 Å². The van der Waals surface area contributed by atoms with Crippen molar-refractivity contribution in [3.8, 4) is 0 Å². The van der Waals surface area contributed by atoms with Gasteiger partial charge in [0.15, 0.2) is 0 Å². The molecule has 0 nitrogen and oxygen atoms in total. The zero-order valence-corrected chi connectivity index (χ0v) is 11.6. The van der Waals surface area contributed by atoms with Crippen molar-refractivity contribution in [3.63, 3.8) is 0 Å². The van der Waals surface area contributed by atoms with Crippen LogP contribution in [0.4, 0.5) is 0 Å². The van der Waals surface area contributed by atoms with Crippen molar-refractivity contribution in [3.05, 3.63) is 72.9 Å². The lowest BCUT2D eigenvalue weighted by Gasteiger charge is -2.18. The average Bonchev–Trinajstić information content (AvgIpc) is 2.24. The van der Waals surface area contributed by atoms with Gasteiger partial charge < -0.3 is 0 Å². The summed E-state index contributed by atoms with van der Waals surface area (Å²) in [5.74, 6) is 0. The maximum Gasteiger partial charge on any atom is -0.0138 e. The Morgan fingerprint density at radius 1 is 0.824 bits per heavy atom. The van der Waals surface area contributed by atoms with Crippen molar-refractivity contribution in [2.75, 3.05) is 0 Å². The van der Waals surface area contributed by atoms with Crippen molar-refractivity contribution < 1.29 is 0 Å². The summed E-state index contributed by atoms with van der Waals surface area (Å²) in [4.78, 5) is 0. The first-order valence-electron chi connectivity index (χ1n) is 5.84. The van der Waals surface area contributed by atoms with Crippen LogP contribution in [-0.4, -0.2) is 0 Å². The molecular weight excluding hydrogens is 204 g/mol. The van der Waals surface area contributed by atoms with E-state index in [-0.39, 0.29) is 5.41 Å². The summed E-state index contributed by atoms with van der Waals surface area (Å²) in [7, 11) is 0. The second-order valence-corrected chi connectivity index (χ2v) is 5.04. The molecule has 0 heteroatoms. The lowest BCUT2D eigenvalue weighted by molar-refractivity contribution is 0.519. The molecule has 0 heterocycles. The average molecular weight is 228 g/mol. The van der Waals surface area contributed by atoms with Gasteiger partial charge in [-0.25, -0.2) is 0 Å². The van der Waals surface area contributed by atoms with Crippen LogP contribution < -0.4 is 0 Å². The van der Waals surface area contributed by atoms with Crippen LogP contribution >= 0.6 is 0 Å². The van der Waals surface area contributed by atoms with Gasteiger partial charge in [-0.2, -0.15) is 0 Å². The number of allylic oxidation sites excluding steroid dienone is 9. The molecule has 0 bridgehead atoms. The summed E-state index contributed by atoms with van der Waals surface area (Å²) in [6.07, 6.45) is 11.8. The zero-order chi connectivity index (χ0) is 13.5. The van der Waals surface area contributed by atoms with Crippen LogP contribution in [0.1, 0.15) is 27.7 Å². The van der Waals surface area contributed by atoms with Crippen molar-refractivity contribution in [2.45, 2.75) is 27.7 Å². The highest BCUT2D eigenvalue weighted by Gasteiger charge is 2.11. The van der Waals surface area contributed by atoms with E-state index in [1.54, 1.807) is 0 Å². The quantitative estimate of drug-likeness (QED) is 0.553. The Bertz CT molecular complexity index is 379. The van der Waals surface area contributed by atoms with Crippen LogP contribution in [0.2, 0.25) is 0 Å². The summed E-state index contributed by atoms with van der Waals surface area (Å²) >= 11 is 0. The minimum absolute atomic E-state index is 0.0961. The molecule has 0 atom stereocenters. The van der Waals surface area contributed by atoms with E-state index >= 15 is 0 Å². The lowest BCUT2D eigenvalue weighted by Crippen LogP contribution is -2.05. The zero-order valence-electron chi connectivity index (χ0n) is 11.6. The van der Waals surface area contributed by atoms with E-state index < -0.39 is 0 Å². The van der Waals surface area contributed by atoms with E-state index in [0.29, 0.717) is 0 Å². The fourth-order valence-electron chi connectivity index (χ4n) is 0.948. The smallest absolute Gasteiger partial charge is 0.0138 e. The number of hydrogen-bond acceptors (Lipinski definition) is 0. The van der Waals surface area contributed by atoms with Gasteiger partial charge >= 0.3 is 0 Å². The predicted octanol–water partition coefficient (Wildman–Crippen LogP) is 5.39. The summed E-state index contributed by atoms with van der Waals surface area (Å²) in [6, 6.07) is 0. The number of rotatable bonds is 5. The first kappa shape index (κ1) is 15.4. The molecule has 0 aromatic rings. The molecule has 0 aromatic heterocycles.